The van der Waals surface area contributed by atoms with E-state index < -0.39 is 11.4 Å². The minimum atomic E-state index is -1.45. The molecule has 0 saturated heterocycles. The van der Waals surface area contributed by atoms with Gasteiger partial charge in [-0.25, -0.2) is 0 Å². The molecule has 1 aliphatic carbocycles. The number of hydrogen-bond acceptors (Lipinski definition) is 5. The fourth-order valence-corrected chi connectivity index (χ4v) is 5.03. The fraction of sp³-hybridized carbons (Fsp3) is 0.129. The predicted octanol–water partition coefficient (Wildman–Crippen LogP) is 4.02. The Morgan fingerprint density at radius 3 is 2.41 bits per heavy atom. The molecule has 6 rings (SSSR count). The smallest absolute Gasteiger partial charge is 0.322 e. The summed E-state index contributed by atoms with van der Waals surface area (Å²) in [4.78, 5) is 13.2. The van der Waals surface area contributed by atoms with Crippen molar-refractivity contribution in [3.8, 4) is 23.0 Å². The van der Waals surface area contributed by atoms with Gasteiger partial charge < -0.3 is 24.1 Å². The second kappa shape index (κ2) is 9.06. The van der Waals surface area contributed by atoms with Crippen LogP contribution >= 0.6 is 0 Å². The lowest BCUT2D eigenvalue weighted by Crippen LogP contribution is -2.35. The van der Waals surface area contributed by atoms with Gasteiger partial charge in [-0.2, -0.15) is 0 Å². The predicted molar refractivity (Wildman–Crippen MR) is 138 cm³/mol. The number of carboxylic acid groups (broad SMARTS) is 1. The summed E-state index contributed by atoms with van der Waals surface area (Å²) in [5.74, 6) is 1.50. The van der Waals surface area contributed by atoms with Crippen LogP contribution in [0.1, 0.15) is 16.7 Å². The van der Waals surface area contributed by atoms with Gasteiger partial charge in [-0.1, -0.05) is 60.7 Å². The van der Waals surface area contributed by atoms with E-state index in [9.17, 15) is 9.90 Å². The summed E-state index contributed by atoms with van der Waals surface area (Å²) in [5, 5.41) is 12.4. The van der Waals surface area contributed by atoms with Gasteiger partial charge in [-0.3, -0.25) is 4.79 Å². The van der Waals surface area contributed by atoms with Crippen molar-refractivity contribution in [1.82, 2.24) is 0 Å². The van der Waals surface area contributed by atoms with E-state index in [1.165, 1.54) is 0 Å². The summed E-state index contributed by atoms with van der Waals surface area (Å²) in [6, 6.07) is 28.4. The lowest BCUT2D eigenvalue weighted by Gasteiger charge is -2.28. The van der Waals surface area contributed by atoms with Gasteiger partial charge in [-0.05, 0) is 69.1 Å². The molecule has 1 aliphatic heterocycles. The Labute approximate surface area is 213 Å². The number of aliphatic carboxylic acids is 1. The maximum atomic E-state index is 13.2. The summed E-state index contributed by atoms with van der Waals surface area (Å²) < 4.78 is 22.5. The van der Waals surface area contributed by atoms with Gasteiger partial charge in [0, 0.05) is 0 Å². The normalized spacial score (nSPS) is 17.2. The lowest BCUT2D eigenvalue weighted by molar-refractivity contribution is -0.139. The first-order valence-electron chi connectivity index (χ1n) is 11.9. The Hall–Kier alpha value is -4.71. The number of fused-ring (bicyclic) bond motifs is 2. The zero-order valence-electron chi connectivity index (χ0n) is 20.1. The van der Waals surface area contributed by atoms with E-state index in [1.54, 1.807) is 25.3 Å². The largest absolute Gasteiger partial charge is 0.497 e. The van der Waals surface area contributed by atoms with Crippen molar-refractivity contribution >= 4 is 17.6 Å². The molecule has 6 nitrogen and oxygen atoms in total. The van der Waals surface area contributed by atoms with E-state index in [4.69, 9.17) is 18.9 Å². The van der Waals surface area contributed by atoms with Gasteiger partial charge in [0.2, 0.25) is 6.79 Å². The van der Waals surface area contributed by atoms with Crippen LogP contribution in [0.25, 0.3) is 11.6 Å². The Balaban J connectivity index is 1.55. The van der Waals surface area contributed by atoms with E-state index in [-0.39, 0.29) is 6.79 Å². The molecule has 37 heavy (non-hydrogen) atoms. The molecule has 0 radical (unpaired) electrons. The van der Waals surface area contributed by atoms with Gasteiger partial charge in [0.25, 0.3) is 0 Å². The minimum Gasteiger partial charge on any atom is -0.497 e. The highest BCUT2D eigenvalue weighted by atomic mass is 16.7. The van der Waals surface area contributed by atoms with Crippen molar-refractivity contribution in [1.29, 1.82) is 0 Å². The minimum absolute atomic E-state index is 0.111. The molecule has 1 atom stereocenters. The molecule has 184 valence electrons. The summed E-state index contributed by atoms with van der Waals surface area (Å²) >= 11 is 0. The Kier molecular flexibility index (Phi) is 5.57. The van der Waals surface area contributed by atoms with Crippen LogP contribution in [0, 0.1) is 0 Å². The van der Waals surface area contributed by atoms with Gasteiger partial charge in [0.1, 0.15) is 23.5 Å². The van der Waals surface area contributed by atoms with E-state index in [0.717, 1.165) is 21.6 Å². The first kappa shape index (κ1) is 22.7. The van der Waals surface area contributed by atoms with Crippen LogP contribution < -0.4 is 29.4 Å². The van der Waals surface area contributed by atoms with Crippen molar-refractivity contribution < 1.29 is 28.8 Å². The lowest BCUT2D eigenvalue weighted by atomic mass is 9.73. The van der Waals surface area contributed by atoms with Crippen LogP contribution in [-0.2, 0) is 16.8 Å². The van der Waals surface area contributed by atoms with Crippen molar-refractivity contribution in [3.63, 3.8) is 0 Å². The molecule has 0 aromatic heterocycles. The summed E-state index contributed by atoms with van der Waals surface area (Å²) in [6.07, 6.45) is 1.81. The first-order chi connectivity index (χ1) is 18.1. The molecule has 0 spiro atoms. The summed E-state index contributed by atoms with van der Waals surface area (Å²) in [6.45, 7) is 0.521. The SMILES string of the molecule is COc1ccc(C2=c3cc(OCc4ccccc4)ccc3=CC2(C(=O)O)c2ccc3c(c2)OCO3)cc1. The van der Waals surface area contributed by atoms with E-state index in [2.05, 4.69) is 0 Å². The maximum Gasteiger partial charge on any atom is 0.322 e. The van der Waals surface area contributed by atoms with Gasteiger partial charge in [-0.15, -0.1) is 0 Å². The highest BCUT2D eigenvalue weighted by Crippen LogP contribution is 2.44. The highest BCUT2D eigenvalue weighted by molar-refractivity contribution is 6.07. The molecule has 0 saturated carbocycles. The highest BCUT2D eigenvalue weighted by Gasteiger charge is 2.46. The van der Waals surface area contributed by atoms with Crippen LogP contribution in [0.4, 0.5) is 0 Å². The third-order valence-electron chi connectivity index (χ3n) is 6.85. The molecule has 1 N–H and O–H groups in total. The second-order valence-corrected chi connectivity index (χ2v) is 8.95. The number of methoxy groups -OCH3 is 1. The van der Waals surface area contributed by atoms with Crippen LogP contribution in [0.3, 0.4) is 0 Å². The van der Waals surface area contributed by atoms with Crippen LogP contribution in [0.15, 0.2) is 91.0 Å². The van der Waals surface area contributed by atoms with Crippen LogP contribution in [0.2, 0.25) is 0 Å². The molecule has 0 amide bonds. The van der Waals surface area contributed by atoms with Gasteiger partial charge in [0.05, 0.1) is 7.11 Å². The topological polar surface area (TPSA) is 74.2 Å². The molecule has 0 bridgehead atoms. The molecule has 0 fully saturated rings. The van der Waals surface area contributed by atoms with Crippen molar-refractivity contribution in [2.45, 2.75) is 12.0 Å². The van der Waals surface area contributed by atoms with Crippen molar-refractivity contribution in [3.05, 3.63) is 118 Å². The third kappa shape index (κ3) is 3.87. The summed E-state index contributed by atoms with van der Waals surface area (Å²) in [5.41, 5.74) is 1.61. The number of rotatable bonds is 7. The molecule has 4 aromatic rings. The zero-order valence-corrected chi connectivity index (χ0v) is 20.1. The monoisotopic (exact) mass is 492 g/mol. The number of ether oxygens (including phenoxy) is 4. The van der Waals surface area contributed by atoms with Crippen molar-refractivity contribution in [2.75, 3.05) is 13.9 Å². The molecule has 4 aromatic carbocycles. The van der Waals surface area contributed by atoms with E-state index in [1.807, 2.05) is 78.9 Å². The Morgan fingerprint density at radius 1 is 0.892 bits per heavy atom. The molecular formula is C31H24O6. The fourth-order valence-electron chi connectivity index (χ4n) is 5.03. The van der Waals surface area contributed by atoms with E-state index in [0.29, 0.717) is 40.7 Å². The average Bonchev–Trinajstić information content (AvgIpc) is 3.55. The van der Waals surface area contributed by atoms with Gasteiger partial charge in [0.15, 0.2) is 11.5 Å². The Bertz CT molecular complexity index is 1610. The maximum absolute atomic E-state index is 13.2. The number of hydrogen-bond donors (Lipinski definition) is 1. The third-order valence-corrected chi connectivity index (χ3v) is 6.85. The Morgan fingerprint density at radius 2 is 1.65 bits per heavy atom. The zero-order chi connectivity index (χ0) is 25.4. The van der Waals surface area contributed by atoms with Gasteiger partial charge >= 0.3 is 5.97 Å². The van der Waals surface area contributed by atoms with E-state index >= 15 is 0 Å². The molecule has 2 aliphatic rings. The van der Waals surface area contributed by atoms with Crippen LogP contribution in [-0.4, -0.2) is 25.0 Å². The molecule has 1 heterocycles. The number of carboxylic acids is 1. The second-order valence-electron chi connectivity index (χ2n) is 8.95. The molecule has 1 unspecified atom stereocenters. The first-order valence-corrected chi connectivity index (χ1v) is 11.9. The molecular weight excluding hydrogens is 468 g/mol. The van der Waals surface area contributed by atoms with Crippen molar-refractivity contribution in [2.24, 2.45) is 0 Å². The quantitative estimate of drug-likeness (QED) is 0.420. The molecule has 6 heteroatoms. The summed E-state index contributed by atoms with van der Waals surface area (Å²) in [7, 11) is 1.60. The average molecular weight is 493 g/mol. The standard InChI is InChI=1S/C31H24O6/c1-34-24-11-7-21(8-12-24)29-26-16-25(35-18-20-5-3-2-4-6-20)13-9-22(26)17-31(29,30(32)33)23-10-14-27-28(15-23)37-19-36-27/h2-17H,18-19H2,1H3,(H,32,33). The number of benzene rings is 4. The van der Waals surface area contributed by atoms with Crippen LogP contribution in [0.5, 0.6) is 23.0 Å². The number of carbonyl (C=O) groups is 1.